The van der Waals surface area contributed by atoms with Gasteiger partial charge in [-0.3, -0.25) is 9.89 Å². The van der Waals surface area contributed by atoms with E-state index in [9.17, 15) is 4.79 Å². The standard InChI is InChI=1S/C14H13N3O/c1-9-6-14-15-13(8-17(14)16-9)12-5-3-4-11(7-12)10(2)18/h3-8,16H,1-2H3. The summed E-state index contributed by atoms with van der Waals surface area (Å²) in [4.78, 5) is 15.9. The maximum absolute atomic E-state index is 11.4. The third kappa shape index (κ3) is 1.72. The first-order chi connectivity index (χ1) is 8.63. The van der Waals surface area contributed by atoms with Crippen LogP contribution in [0.1, 0.15) is 23.0 Å². The number of imidazole rings is 1. The van der Waals surface area contributed by atoms with Gasteiger partial charge in [-0.05, 0) is 19.9 Å². The fourth-order valence-electron chi connectivity index (χ4n) is 2.04. The quantitative estimate of drug-likeness (QED) is 0.699. The van der Waals surface area contributed by atoms with Crippen molar-refractivity contribution < 1.29 is 4.79 Å². The second-order valence-corrected chi connectivity index (χ2v) is 4.43. The second kappa shape index (κ2) is 3.84. The topological polar surface area (TPSA) is 50.2 Å². The lowest BCUT2D eigenvalue weighted by Crippen LogP contribution is -1.91. The Bertz CT molecular complexity index is 705. The summed E-state index contributed by atoms with van der Waals surface area (Å²) in [5.41, 5.74) is 4.49. The number of carbonyl (C=O) groups is 1. The van der Waals surface area contributed by atoms with Gasteiger partial charge in [0, 0.05) is 22.9 Å². The molecular formula is C14H13N3O. The van der Waals surface area contributed by atoms with Crippen molar-refractivity contribution in [1.82, 2.24) is 14.6 Å². The Hall–Kier alpha value is -2.36. The number of aryl methyl sites for hydroxylation is 1. The molecule has 2 heterocycles. The van der Waals surface area contributed by atoms with E-state index in [2.05, 4.69) is 10.1 Å². The SMILES string of the molecule is CC(=O)c1cccc(-c2cn3[nH]c(C)cc3n2)c1. The van der Waals surface area contributed by atoms with Crippen LogP contribution in [0.5, 0.6) is 0 Å². The van der Waals surface area contributed by atoms with E-state index in [0.717, 1.165) is 22.6 Å². The molecule has 0 unspecified atom stereocenters. The van der Waals surface area contributed by atoms with Gasteiger partial charge in [0.1, 0.15) is 0 Å². The highest BCUT2D eigenvalue weighted by Crippen LogP contribution is 2.20. The summed E-state index contributed by atoms with van der Waals surface area (Å²) >= 11 is 0. The van der Waals surface area contributed by atoms with Gasteiger partial charge in [0.05, 0.1) is 11.9 Å². The summed E-state index contributed by atoms with van der Waals surface area (Å²) in [6.07, 6.45) is 1.93. The van der Waals surface area contributed by atoms with Crippen molar-refractivity contribution in [1.29, 1.82) is 0 Å². The molecule has 1 N–H and O–H groups in total. The van der Waals surface area contributed by atoms with Crippen molar-refractivity contribution in [2.45, 2.75) is 13.8 Å². The van der Waals surface area contributed by atoms with Crippen LogP contribution in [0.2, 0.25) is 0 Å². The molecule has 3 rings (SSSR count). The fraction of sp³-hybridized carbons (Fsp3) is 0.143. The van der Waals surface area contributed by atoms with E-state index in [1.54, 1.807) is 6.92 Å². The normalized spacial score (nSPS) is 11.0. The number of rotatable bonds is 2. The number of H-pyrrole nitrogens is 1. The average molecular weight is 239 g/mol. The van der Waals surface area contributed by atoms with Gasteiger partial charge in [-0.1, -0.05) is 18.2 Å². The van der Waals surface area contributed by atoms with E-state index in [0.29, 0.717) is 5.56 Å². The van der Waals surface area contributed by atoms with E-state index >= 15 is 0 Å². The number of aromatic nitrogens is 3. The van der Waals surface area contributed by atoms with Crippen LogP contribution in [0.15, 0.2) is 36.5 Å². The molecule has 18 heavy (non-hydrogen) atoms. The summed E-state index contributed by atoms with van der Waals surface area (Å²) in [5, 5.41) is 3.17. The molecule has 0 aliphatic rings. The number of hydrogen-bond donors (Lipinski definition) is 1. The lowest BCUT2D eigenvalue weighted by atomic mass is 10.1. The zero-order valence-corrected chi connectivity index (χ0v) is 10.3. The summed E-state index contributed by atoms with van der Waals surface area (Å²) in [6, 6.07) is 9.51. The minimum absolute atomic E-state index is 0.0671. The molecule has 0 bridgehead atoms. The maximum Gasteiger partial charge on any atom is 0.159 e. The van der Waals surface area contributed by atoms with Gasteiger partial charge in [-0.15, -0.1) is 0 Å². The Morgan fingerprint density at radius 3 is 2.89 bits per heavy atom. The molecule has 0 fully saturated rings. The molecule has 0 atom stereocenters. The smallest absolute Gasteiger partial charge is 0.159 e. The van der Waals surface area contributed by atoms with Crippen molar-refractivity contribution in [3.05, 3.63) is 47.8 Å². The van der Waals surface area contributed by atoms with Gasteiger partial charge in [0.15, 0.2) is 11.4 Å². The lowest BCUT2D eigenvalue weighted by molar-refractivity contribution is 0.101. The third-order valence-electron chi connectivity index (χ3n) is 2.94. The van der Waals surface area contributed by atoms with E-state index in [1.165, 1.54) is 0 Å². The van der Waals surface area contributed by atoms with Crippen LogP contribution >= 0.6 is 0 Å². The minimum atomic E-state index is 0.0671. The first kappa shape index (κ1) is 10.8. The molecule has 1 aromatic carbocycles. The molecule has 0 spiro atoms. The van der Waals surface area contributed by atoms with Crippen molar-refractivity contribution >= 4 is 11.4 Å². The summed E-state index contributed by atoms with van der Waals surface area (Å²) in [7, 11) is 0. The molecule has 0 amide bonds. The van der Waals surface area contributed by atoms with Gasteiger partial charge >= 0.3 is 0 Å². The van der Waals surface area contributed by atoms with Gasteiger partial charge < -0.3 is 0 Å². The molecule has 2 aromatic heterocycles. The molecule has 4 nitrogen and oxygen atoms in total. The Labute approximate surface area is 104 Å². The Morgan fingerprint density at radius 1 is 1.33 bits per heavy atom. The van der Waals surface area contributed by atoms with Gasteiger partial charge in [-0.2, -0.15) is 0 Å². The van der Waals surface area contributed by atoms with Crippen molar-refractivity contribution in [2.75, 3.05) is 0 Å². The molecule has 0 saturated carbocycles. The predicted octanol–water partition coefficient (Wildman–Crippen LogP) is 2.84. The molecule has 90 valence electrons. The van der Waals surface area contributed by atoms with Gasteiger partial charge in [-0.25, -0.2) is 9.50 Å². The lowest BCUT2D eigenvalue weighted by Gasteiger charge is -1.99. The first-order valence-corrected chi connectivity index (χ1v) is 5.79. The minimum Gasteiger partial charge on any atom is -0.297 e. The van der Waals surface area contributed by atoms with Crippen molar-refractivity contribution in [2.24, 2.45) is 0 Å². The monoisotopic (exact) mass is 239 g/mol. The molecule has 0 radical (unpaired) electrons. The molecule has 0 aliphatic carbocycles. The second-order valence-electron chi connectivity index (χ2n) is 4.43. The van der Waals surface area contributed by atoms with Crippen LogP contribution in [0.4, 0.5) is 0 Å². The maximum atomic E-state index is 11.4. The van der Waals surface area contributed by atoms with E-state index in [-0.39, 0.29) is 5.78 Å². The number of fused-ring (bicyclic) bond motifs is 1. The van der Waals surface area contributed by atoms with Gasteiger partial charge in [0.25, 0.3) is 0 Å². The number of hydrogen-bond acceptors (Lipinski definition) is 2. The van der Waals surface area contributed by atoms with Crippen molar-refractivity contribution in [3.8, 4) is 11.3 Å². The van der Waals surface area contributed by atoms with E-state index < -0.39 is 0 Å². The fourth-order valence-corrected chi connectivity index (χ4v) is 2.04. The van der Waals surface area contributed by atoms with Crippen LogP contribution in [0.25, 0.3) is 16.9 Å². The number of nitrogens with zero attached hydrogens (tertiary/aromatic N) is 2. The molecule has 0 aliphatic heterocycles. The average Bonchev–Trinajstić information content (AvgIpc) is 2.86. The highest BCUT2D eigenvalue weighted by Gasteiger charge is 2.07. The number of aromatic amines is 1. The molecular weight excluding hydrogens is 226 g/mol. The molecule has 3 aromatic rings. The summed E-state index contributed by atoms with van der Waals surface area (Å²) < 4.78 is 1.88. The number of benzene rings is 1. The van der Waals surface area contributed by atoms with Crippen LogP contribution in [0, 0.1) is 6.92 Å². The van der Waals surface area contributed by atoms with Crippen LogP contribution in [0.3, 0.4) is 0 Å². The van der Waals surface area contributed by atoms with Crippen LogP contribution in [-0.4, -0.2) is 20.4 Å². The number of nitrogens with one attached hydrogen (secondary N) is 1. The molecule has 0 saturated heterocycles. The Morgan fingerprint density at radius 2 is 2.17 bits per heavy atom. The summed E-state index contributed by atoms with van der Waals surface area (Å²) in [6.45, 7) is 3.56. The Balaban J connectivity index is 2.10. The van der Waals surface area contributed by atoms with E-state index in [1.807, 2.05) is 48.0 Å². The zero-order chi connectivity index (χ0) is 12.7. The van der Waals surface area contributed by atoms with E-state index in [4.69, 9.17) is 0 Å². The number of carbonyl (C=O) groups excluding carboxylic acids is 1. The molecule has 4 heteroatoms. The first-order valence-electron chi connectivity index (χ1n) is 5.79. The zero-order valence-electron chi connectivity index (χ0n) is 10.3. The van der Waals surface area contributed by atoms with Crippen LogP contribution < -0.4 is 0 Å². The highest BCUT2D eigenvalue weighted by atomic mass is 16.1. The largest absolute Gasteiger partial charge is 0.297 e. The number of ketones is 1. The Kier molecular flexibility index (Phi) is 2.30. The third-order valence-corrected chi connectivity index (χ3v) is 2.94. The predicted molar refractivity (Wildman–Crippen MR) is 69.7 cm³/mol. The number of Topliss-reactive ketones (excluding diaryl/α,β-unsaturated/α-hetero) is 1. The van der Waals surface area contributed by atoms with Gasteiger partial charge in [0.2, 0.25) is 0 Å². The summed E-state index contributed by atoms with van der Waals surface area (Å²) in [5.74, 6) is 0.0671. The van der Waals surface area contributed by atoms with Crippen molar-refractivity contribution in [3.63, 3.8) is 0 Å². The van der Waals surface area contributed by atoms with Crippen LogP contribution in [-0.2, 0) is 0 Å². The highest BCUT2D eigenvalue weighted by molar-refractivity contribution is 5.95.